The first-order chi connectivity index (χ1) is 6.66. The lowest BCUT2D eigenvalue weighted by atomic mass is 10.5. The molecule has 0 aliphatic carbocycles. The first kappa shape index (κ1) is 9.47. The Morgan fingerprint density at radius 1 is 1.64 bits per heavy atom. The van der Waals surface area contributed by atoms with E-state index in [-0.39, 0.29) is 22.5 Å². The predicted molar refractivity (Wildman–Crippen MR) is 51.3 cm³/mol. The molecule has 1 aliphatic rings. The fourth-order valence-corrected chi connectivity index (χ4v) is 1.42. The van der Waals surface area contributed by atoms with Gasteiger partial charge < -0.3 is 16.2 Å². The van der Waals surface area contributed by atoms with Crippen LogP contribution in [0.3, 0.4) is 0 Å². The zero-order chi connectivity index (χ0) is 10.1. The number of nitrogens with two attached hydrogens (primary N) is 2. The highest BCUT2D eigenvalue weighted by Gasteiger charge is 2.35. The van der Waals surface area contributed by atoms with Crippen LogP contribution in [0.25, 0.3) is 0 Å². The Morgan fingerprint density at radius 2 is 2.36 bits per heavy atom. The van der Waals surface area contributed by atoms with Crippen molar-refractivity contribution >= 4 is 17.6 Å². The summed E-state index contributed by atoms with van der Waals surface area (Å²) in [7, 11) is 0. The van der Waals surface area contributed by atoms with Gasteiger partial charge in [0.25, 0.3) is 0 Å². The van der Waals surface area contributed by atoms with Gasteiger partial charge in [-0.25, -0.2) is 9.37 Å². The second kappa shape index (κ2) is 3.58. The van der Waals surface area contributed by atoms with E-state index < -0.39 is 5.82 Å². The van der Waals surface area contributed by atoms with Gasteiger partial charge in [0.2, 0.25) is 0 Å². The van der Waals surface area contributed by atoms with Gasteiger partial charge in [-0.3, -0.25) is 0 Å². The molecule has 4 N–H and O–H groups in total. The van der Waals surface area contributed by atoms with Gasteiger partial charge in [-0.1, -0.05) is 0 Å². The third-order valence-corrected chi connectivity index (χ3v) is 2.85. The third kappa shape index (κ3) is 2.05. The van der Waals surface area contributed by atoms with Crippen LogP contribution < -0.4 is 16.2 Å². The maximum absolute atomic E-state index is 12.6. The highest BCUT2D eigenvalue weighted by molar-refractivity contribution is 8.07. The van der Waals surface area contributed by atoms with E-state index in [0.29, 0.717) is 6.61 Å². The number of nitrogen functional groups attached to an aromatic ring is 1. The second-order valence-corrected chi connectivity index (χ2v) is 4.26. The van der Waals surface area contributed by atoms with E-state index in [2.05, 4.69) is 9.97 Å². The fraction of sp³-hybridized carbons (Fsp3) is 0.429. The lowest BCUT2D eigenvalue weighted by Gasteiger charge is -2.02. The van der Waals surface area contributed by atoms with Gasteiger partial charge in [0.1, 0.15) is 6.61 Å². The lowest BCUT2D eigenvalue weighted by Crippen LogP contribution is -2.14. The van der Waals surface area contributed by atoms with Crippen molar-refractivity contribution in [1.29, 1.82) is 0 Å². The molecular weight excluding hydrogens is 207 g/mol. The molecular formula is C7H9FN4OS. The Balaban J connectivity index is 1.92. The number of halogens is 1. The molecule has 0 bridgehead atoms. The number of nitrogens with zero attached hydrogens (tertiary/aromatic N) is 2. The monoisotopic (exact) mass is 216 g/mol. The largest absolute Gasteiger partial charge is 0.462 e. The van der Waals surface area contributed by atoms with Crippen molar-refractivity contribution in [3.63, 3.8) is 0 Å². The average molecular weight is 216 g/mol. The molecule has 14 heavy (non-hydrogen) atoms. The van der Waals surface area contributed by atoms with E-state index in [0.717, 1.165) is 6.20 Å². The van der Waals surface area contributed by atoms with E-state index in [1.165, 1.54) is 0 Å². The summed E-state index contributed by atoms with van der Waals surface area (Å²) in [6.07, 6.45) is 0.984. The van der Waals surface area contributed by atoms with Crippen molar-refractivity contribution in [3.05, 3.63) is 12.0 Å². The number of thioether (sulfide) groups is 1. The Kier molecular flexibility index (Phi) is 2.42. The molecule has 0 amide bonds. The smallest absolute Gasteiger partial charge is 0.318 e. The molecule has 1 saturated heterocycles. The Morgan fingerprint density at radius 3 is 2.93 bits per heavy atom. The molecule has 0 spiro atoms. The highest BCUT2D eigenvalue weighted by Crippen LogP contribution is 2.36. The number of hydrogen-bond acceptors (Lipinski definition) is 6. The van der Waals surface area contributed by atoms with Crippen LogP contribution in [0.1, 0.15) is 0 Å². The Labute approximate surface area is 84.0 Å². The van der Waals surface area contributed by atoms with E-state index in [4.69, 9.17) is 16.2 Å². The summed E-state index contributed by atoms with van der Waals surface area (Å²) >= 11 is 1.61. The van der Waals surface area contributed by atoms with Crippen LogP contribution in [0.4, 0.5) is 10.2 Å². The summed E-state index contributed by atoms with van der Waals surface area (Å²) < 4.78 is 17.8. The van der Waals surface area contributed by atoms with Crippen LogP contribution in [0.5, 0.6) is 6.01 Å². The van der Waals surface area contributed by atoms with Crippen molar-refractivity contribution in [3.8, 4) is 6.01 Å². The van der Waals surface area contributed by atoms with Gasteiger partial charge in [0, 0.05) is 0 Å². The molecule has 2 rings (SSSR count). The molecule has 7 heteroatoms. The molecule has 2 atom stereocenters. The van der Waals surface area contributed by atoms with Crippen LogP contribution in [0, 0.1) is 5.82 Å². The molecule has 0 radical (unpaired) electrons. The normalized spacial score (nSPS) is 24.7. The number of aromatic nitrogens is 2. The molecule has 1 aromatic rings. The molecule has 2 heterocycles. The first-order valence-corrected chi connectivity index (χ1v) is 4.93. The summed E-state index contributed by atoms with van der Waals surface area (Å²) in [6.45, 7) is 0.427. The molecule has 0 aromatic carbocycles. The van der Waals surface area contributed by atoms with E-state index in [9.17, 15) is 4.39 Å². The number of ether oxygens (including phenoxy) is 1. The summed E-state index contributed by atoms with van der Waals surface area (Å²) in [5.74, 6) is -0.849. The maximum Gasteiger partial charge on any atom is 0.318 e. The summed E-state index contributed by atoms with van der Waals surface area (Å²) in [4.78, 5) is 7.24. The fourth-order valence-electron chi connectivity index (χ4n) is 0.880. The van der Waals surface area contributed by atoms with Gasteiger partial charge in [-0.05, 0) is 0 Å². The van der Waals surface area contributed by atoms with Crippen molar-refractivity contribution in [2.24, 2.45) is 5.73 Å². The molecule has 1 aliphatic heterocycles. The standard InChI is InChI=1S/C7H9FN4OS/c8-3-1-11-7(12-5(3)9)13-2-4-6(10)14-4/h1,4,6H,2,10H2,(H2,9,11,12)/t4-,6?/m1/s1. The van der Waals surface area contributed by atoms with Gasteiger partial charge in [0.15, 0.2) is 11.6 Å². The minimum Gasteiger partial charge on any atom is -0.462 e. The summed E-state index contributed by atoms with van der Waals surface area (Å²) in [6, 6.07) is 0.0867. The molecule has 0 saturated carbocycles. The molecule has 1 unspecified atom stereocenters. The van der Waals surface area contributed by atoms with Crippen LogP contribution >= 0.6 is 11.8 Å². The second-order valence-electron chi connectivity index (χ2n) is 2.84. The Bertz CT molecular complexity index is 350. The van der Waals surface area contributed by atoms with Gasteiger partial charge in [0.05, 0.1) is 16.8 Å². The molecule has 5 nitrogen and oxygen atoms in total. The molecule has 76 valence electrons. The van der Waals surface area contributed by atoms with Crippen molar-refractivity contribution in [2.45, 2.75) is 10.6 Å². The van der Waals surface area contributed by atoms with Crippen LogP contribution in [0.2, 0.25) is 0 Å². The molecule has 1 aromatic heterocycles. The van der Waals surface area contributed by atoms with Gasteiger partial charge >= 0.3 is 6.01 Å². The zero-order valence-corrected chi connectivity index (χ0v) is 8.00. The number of anilines is 1. The molecule has 1 fully saturated rings. The predicted octanol–water partition coefficient (Wildman–Crippen LogP) is -0.0231. The van der Waals surface area contributed by atoms with Crippen LogP contribution in [0.15, 0.2) is 6.20 Å². The minimum absolute atomic E-state index is 0.0867. The maximum atomic E-state index is 12.6. The van der Waals surface area contributed by atoms with E-state index >= 15 is 0 Å². The highest BCUT2D eigenvalue weighted by atomic mass is 32.2. The number of hydrogen-bond donors (Lipinski definition) is 2. The average Bonchev–Trinajstić information content (AvgIpc) is 2.85. The van der Waals surface area contributed by atoms with Crippen LogP contribution in [-0.2, 0) is 0 Å². The topological polar surface area (TPSA) is 87.0 Å². The van der Waals surface area contributed by atoms with Gasteiger partial charge in [-0.2, -0.15) is 4.98 Å². The van der Waals surface area contributed by atoms with Crippen molar-refractivity contribution in [2.75, 3.05) is 12.3 Å². The first-order valence-electron chi connectivity index (χ1n) is 3.98. The minimum atomic E-state index is -0.644. The lowest BCUT2D eigenvalue weighted by molar-refractivity contribution is 0.298. The third-order valence-electron chi connectivity index (χ3n) is 1.75. The van der Waals surface area contributed by atoms with Crippen molar-refractivity contribution < 1.29 is 9.13 Å². The Hall–Kier alpha value is -1.08. The summed E-state index contributed by atoms with van der Waals surface area (Å²) in [5, 5.41) is 0.415. The SMILES string of the molecule is Nc1nc(OC[C@H]2SC2N)ncc1F. The quantitative estimate of drug-likeness (QED) is 0.690. The summed E-state index contributed by atoms with van der Waals surface area (Å²) in [5.41, 5.74) is 10.8. The van der Waals surface area contributed by atoms with Crippen molar-refractivity contribution in [1.82, 2.24) is 9.97 Å². The zero-order valence-electron chi connectivity index (χ0n) is 7.18. The van der Waals surface area contributed by atoms with E-state index in [1.807, 2.05) is 0 Å². The number of rotatable bonds is 3. The van der Waals surface area contributed by atoms with Crippen LogP contribution in [-0.4, -0.2) is 27.2 Å². The van der Waals surface area contributed by atoms with E-state index in [1.54, 1.807) is 11.8 Å². The van der Waals surface area contributed by atoms with Gasteiger partial charge in [-0.15, -0.1) is 11.8 Å².